The summed E-state index contributed by atoms with van der Waals surface area (Å²) in [5.74, 6) is -0.401. The molecule has 0 atom stereocenters. The summed E-state index contributed by atoms with van der Waals surface area (Å²) >= 11 is 0. The first kappa shape index (κ1) is 15.4. The van der Waals surface area contributed by atoms with Crippen LogP contribution in [0.5, 0.6) is 0 Å². The molecular formula is C16H21NO4. The number of carboxylic acids is 1. The zero-order valence-electron chi connectivity index (χ0n) is 12.0. The van der Waals surface area contributed by atoms with Crippen molar-refractivity contribution < 1.29 is 19.1 Å². The Hall–Kier alpha value is -2.04. The first-order valence-electron chi connectivity index (χ1n) is 7.31. The average molecular weight is 291 g/mol. The third-order valence-corrected chi connectivity index (χ3v) is 4.02. The molecule has 1 saturated carbocycles. The number of hydrogen-bond acceptors (Lipinski definition) is 3. The molecule has 0 aromatic carbocycles. The number of carbonyl (C=O) groups is 2. The van der Waals surface area contributed by atoms with E-state index in [9.17, 15) is 9.59 Å². The molecule has 1 aliphatic rings. The molecule has 21 heavy (non-hydrogen) atoms. The molecule has 0 radical (unpaired) electrons. The van der Waals surface area contributed by atoms with Crippen molar-refractivity contribution in [1.82, 2.24) is 5.32 Å². The van der Waals surface area contributed by atoms with Gasteiger partial charge in [-0.1, -0.05) is 19.3 Å². The molecule has 1 fully saturated rings. The van der Waals surface area contributed by atoms with Gasteiger partial charge in [0.1, 0.15) is 5.76 Å². The highest BCUT2D eigenvalue weighted by atomic mass is 16.4. The Morgan fingerprint density at radius 2 is 2.10 bits per heavy atom. The first-order chi connectivity index (χ1) is 10.1. The Morgan fingerprint density at radius 3 is 2.71 bits per heavy atom. The summed E-state index contributed by atoms with van der Waals surface area (Å²) in [4.78, 5) is 22.9. The van der Waals surface area contributed by atoms with E-state index in [1.165, 1.54) is 6.08 Å². The van der Waals surface area contributed by atoms with Crippen LogP contribution in [-0.4, -0.2) is 23.5 Å². The standard InChI is InChI=1S/C16H21NO4/c18-14(7-6-13-5-4-10-21-13)17-12-16(11-15(19)20)8-2-1-3-9-16/h4-7,10H,1-3,8-9,11-12H2,(H,17,18)(H,19,20). The maximum absolute atomic E-state index is 11.8. The van der Waals surface area contributed by atoms with Crippen LogP contribution in [0.4, 0.5) is 0 Å². The highest BCUT2D eigenvalue weighted by molar-refractivity contribution is 5.91. The summed E-state index contributed by atoms with van der Waals surface area (Å²) in [7, 11) is 0. The quantitative estimate of drug-likeness (QED) is 0.790. The van der Waals surface area contributed by atoms with E-state index in [1.807, 2.05) is 0 Å². The largest absolute Gasteiger partial charge is 0.481 e. The Bertz CT molecular complexity index is 498. The van der Waals surface area contributed by atoms with Crippen molar-refractivity contribution >= 4 is 18.0 Å². The van der Waals surface area contributed by atoms with E-state index in [0.29, 0.717) is 12.3 Å². The normalized spacial score (nSPS) is 17.7. The van der Waals surface area contributed by atoms with Crippen LogP contribution in [0.3, 0.4) is 0 Å². The molecule has 2 rings (SSSR count). The van der Waals surface area contributed by atoms with Crippen LogP contribution in [0.15, 0.2) is 28.9 Å². The second kappa shape index (κ2) is 7.11. The Labute approximate surface area is 124 Å². The molecule has 0 saturated heterocycles. The zero-order valence-corrected chi connectivity index (χ0v) is 12.0. The Kier molecular flexibility index (Phi) is 5.20. The number of hydrogen-bond donors (Lipinski definition) is 2. The fourth-order valence-electron chi connectivity index (χ4n) is 2.92. The van der Waals surface area contributed by atoms with Crippen LogP contribution in [0.25, 0.3) is 6.08 Å². The molecule has 0 spiro atoms. The van der Waals surface area contributed by atoms with Gasteiger partial charge < -0.3 is 14.8 Å². The third kappa shape index (κ3) is 4.77. The van der Waals surface area contributed by atoms with Gasteiger partial charge in [0.15, 0.2) is 0 Å². The van der Waals surface area contributed by atoms with Gasteiger partial charge in [-0.25, -0.2) is 0 Å². The molecule has 1 aliphatic carbocycles. The maximum Gasteiger partial charge on any atom is 0.303 e. The molecule has 1 amide bonds. The van der Waals surface area contributed by atoms with Crippen LogP contribution < -0.4 is 5.32 Å². The predicted molar refractivity (Wildman–Crippen MR) is 78.5 cm³/mol. The Morgan fingerprint density at radius 1 is 1.33 bits per heavy atom. The molecule has 1 aromatic rings. The molecule has 2 N–H and O–H groups in total. The van der Waals surface area contributed by atoms with E-state index in [-0.39, 0.29) is 17.7 Å². The van der Waals surface area contributed by atoms with Crippen LogP contribution in [0.1, 0.15) is 44.3 Å². The number of furan rings is 1. The van der Waals surface area contributed by atoms with E-state index in [4.69, 9.17) is 9.52 Å². The van der Waals surface area contributed by atoms with Gasteiger partial charge in [0.05, 0.1) is 12.7 Å². The molecule has 1 aromatic heterocycles. The second-order valence-electron chi connectivity index (χ2n) is 5.70. The fraction of sp³-hybridized carbons (Fsp3) is 0.500. The molecule has 1 heterocycles. The number of nitrogens with one attached hydrogen (secondary N) is 1. The van der Waals surface area contributed by atoms with Gasteiger partial charge in [0, 0.05) is 12.6 Å². The minimum absolute atomic E-state index is 0.120. The summed E-state index contributed by atoms with van der Waals surface area (Å²) in [6.07, 6.45) is 9.61. The van der Waals surface area contributed by atoms with Crippen molar-refractivity contribution in [3.63, 3.8) is 0 Å². The molecule has 114 valence electrons. The van der Waals surface area contributed by atoms with Gasteiger partial charge in [0.25, 0.3) is 0 Å². The highest BCUT2D eigenvalue weighted by Crippen LogP contribution is 2.38. The average Bonchev–Trinajstić information content (AvgIpc) is 2.96. The van der Waals surface area contributed by atoms with E-state index in [0.717, 1.165) is 32.1 Å². The minimum atomic E-state index is -0.794. The lowest BCUT2D eigenvalue weighted by atomic mass is 9.71. The zero-order chi connectivity index (χ0) is 15.1. The van der Waals surface area contributed by atoms with Gasteiger partial charge in [-0.3, -0.25) is 9.59 Å². The van der Waals surface area contributed by atoms with Gasteiger partial charge in [-0.15, -0.1) is 0 Å². The Balaban J connectivity index is 1.88. The number of amides is 1. The van der Waals surface area contributed by atoms with Crippen molar-refractivity contribution in [3.8, 4) is 0 Å². The molecule has 5 heteroatoms. The summed E-state index contributed by atoms with van der Waals surface area (Å²) in [6.45, 7) is 0.417. The van der Waals surface area contributed by atoms with Crippen LogP contribution in [-0.2, 0) is 9.59 Å². The van der Waals surface area contributed by atoms with Crippen LogP contribution in [0.2, 0.25) is 0 Å². The molecule has 5 nitrogen and oxygen atoms in total. The molecular weight excluding hydrogens is 270 g/mol. The third-order valence-electron chi connectivity index (χ3n) is 4.02. The summed E-state index contributed by atoms with van der Waals surface area (Å²) in [5.41, 5.74) is -0.293. The van der Waals surface area contributed by atoms with Crippen molar-refractivity contribution in [1.29, 1.82) is 0 Å². The minimum Gasteiger partial charge on any atom is -0.481 e. The number of carbonyl (C=O) groups excluding carboxylic acids is 1. The molecule has 0 aliphatic heterocycles. The lowest BCUT2D eigenvalue weighted by molar-refractivity contribution is -0.140. The fourth-order valence-corrected chi connectivity index (χ4v) is 2.92. The van der Waals surface area contributed by atoms with Gasteiger partial charge in [0.2, 0.25) is 5.91 Å². The van der Waals surface area contributed by atoms with Crippen molar-refractivity contribution in [3.05, 3.63) is 30.2 Å². The monoisotopic (exact) mass is 291 g/mol. The van der Waals surface area contributed by atoms with E-state index >= 15 is 0 Å². The van der Waals surface area contributed by atoms with Crippen molar-refractivity contribution in [2.24, 2.45) is 5.41 Å². The van der Waals surface area contributed by atoms with Crippen LogP contribution in [0, 0.1) is 5.41 Å². The summed E-state index contributed by atoms with van der Waals surface area (Å²) < 4.78 is 5.11. The number of carboxylic acid groups (broad SMARTS) is 1. The van der Waals surface area contributed by atoms with Crippen molar-refractivity contribution in [2.45, 2.75) is 38.5 Å². The molecule has 0 bridgehead atoms. The topological polar surface area (TPSA) is 79.5 Å². The second-order valence-corrected chi connectivity index (χ2v) is 5.70. The van der Waals surface area contributed by atoms with Gasteiger partial charge in [-0.2, -0.15) is 0 Å². The maximum atomic E-state index is 11.8. The summed E-state index contributed by atoms with van der Waals surface area (Å²) in [6, 6.07) is 3.51. The van der Waals surface area contributed by atoms with Gasteiger partial charge in [-0.05, 0) is 36.5 Å². The predicted octanol–water partition coefficient (Wildman–Crippen LogP) is 2.83. The smallest absolute Gasteiger partial charge is 0.303 e. The van der Waals surface area contributed by atoms with Crippen molar-refractivity contribution in [2.75, 3.05) is 6.54 Å². The first-order valence-corrected chi connectivity index (χ1v) is 7.31. The highest BCUT2D eigenvalue weighted by Gasteiger charge is 2.34. The van der Waals surface area contributed by atoms with E-state index in [1.54, 1.807) is 24.5 Å². The summed E-state index contributed by atoms with van der Waals surface area (Å²) in [5, 5.41) is 11.9. The molecule has 0 unspecified atom stereocenters. The van der Waals surface area contributed by atoms with E-state index in [2.05, 4.69) is 5.32 Å². The number of aliphatic carboxylic acids is 1. The number of rotatable bonds is 6. The SMILES string of the molecule is O=C(O)CC1(CNC(=O)C=Cc2ccco2)CCCCC1. The lowest BCUT2D eigenvalue weighted by Gasteiger charge is -2.36. The van der Waals surface area contributed by atoms with Gasteiger partial charge >= 0.3 is 5.97 Å². The van der Waals surface area contributed by atoms with E-state index < -0.39 is 5.97 Å². The van der Waals surface area contributed by atoms with Crippen LogP contribution >= 0.6 is 0 Å². The lowest BCUT2D eigenvalue weighted by Crippen LogP contribution is -2.39.